The van der Waals surface area contributed by atoms with Crippen LogP contribution < -0.4 is 21.7 Å². The predicted molar refractivity (Wildman–Crippen MR) is 226 cm³/mol. The first kappa shape index (κ1) is 60.1. The second-order valence-corrected chi connectivity index (χ2v) is 14.5. The molecule has 328 valence electrons. The summed E-state index contributed by atoms with van der Waals surface area (Å²) in [7, 11) is 2.42. The number of aliphatic hydroxyl groups is 1. The molecule has 0 heterocycles. The Morgan fingerprint density at radius 3 is 2.11 bits per heavy atom. The van der Waals surface area contributed by atoms with Gasteiger partial charge in [-0.25, -0.2) is 4.67 Å². The minimum atomic E-state index is -1.07. The summed E-state index contributed by atoms with van der Waals surface area (Å²) in [5.74, 6) is 2.16. The molecule has 2 atom stereocenters. The van der Waals surface area contributed by atoms with Crippen molar-refractivity contribution in [2.75, 3.05) is 73.4 Å². The highest BCUT2D eigenvalue weighted by Gasteiger charge is 2.30. The second kappa shape index (κ2) is 46.8. The number of unbranched alkanes of at least 4 members (excludes halogenated alkanes) is 5. The number of ether oxygens (including phenoxy) is 2. The van der Waals surface area contributed by atoms with E-state index >= 15 is 0 Å². The number of hydrogen-bond donors (Lipinski definition) is 5. The maximum atomic E-state index is 12.3. The number of rotatable bonds is 34. The van der Waals surface area contributed by atoms with Gasteiger partial charge in [0.05, 0.1) is 45.5 Å². The van der Waals surface area contributed by atoms with Gasteiger partial charge in [0, 0.05) is 50.0 Å². The molecular formula is C40H79N6O9P. The van der Waals surface area contributed by atoms with Crippen LogP contribution in [0.25, 0.3) is 0 Å². The monoisotopic (exact) mass is 819 g/mol. The van der Waals surface area contributed by atoms with E-state index < -0.39 is 14.1 Å². The number of hydrogen-bond acceptors (Lipinski definition) is 13. The van der Waals surface area contributed by atoms with Crippen LogP contribution in [0.5, 0.6) is 0 Å². The van der Waals surface area contributed by atoms with Crippen molar-refractivity contribution >= 4 is 33.4 Å². The SMILES string of the molecule is C#CCOCCOCCNC(=O)CCC(CC)(CCCCO)NC(=O)CCCC=O.C=O.CN.CNCCCCCCOP(OCCC#N)N(C(C)C)C(C)C. The van der Waals surface area contributed by atoms with Crippen LogP contribution in [0.1, 0.15) is 125 Å². The van der Waals surface area contributed by atoms with Crippen LogP contribution in [0.15, 0.2) is 0 Å². The zero-order valence-corrected chi connectivity index (χ0v) is 36.8. The van der Waals surface area contributed by atoms with Gasteiger partial charge in [-0.05, 0) is 99.7 Å². The summed E-state index contributed by atoms with van der Waals surface area (Å²) in [6.45, 7) is 16.8. The van der Waals surface area contributed by atoms with Gasteiger partial charge in [-0.15, -0.1) is 6.42 Å². The minimum absolute atomic E-state index is 0.0985. The largest absolute Gasteiger partial charge is 0.396 e. The molecule has 0 bridgehead atoms. The van der Waals surface area contributed by atoms with Crippen LogP contribution in [0, 0.1) is 23.7 Å². The lowest BCUT2D eigenvalue weighted by molar-refractivity contribution is -0.125. The molecule has 0 saturated heterocycles. The molecule has 0 aliphatic rings. The Morgan fingerprint density at radius 1 is 0.893 bits per heavy atom. The summed E-state index contributed by atoms with van der Waals surface area (Å²) < 4.78 is 24.6. The fraction of sp³-hybridized carbons (Fsp3) is 0.825. The number of carbonyl (C=O) groups is 4. The third-order valence-electron chi connectivity index (χ3n) is 8.01. The summed E-state index contributed by atoms with van der Waals surface area (Å²) in [6, 6.07) is 2.85. The molecule has 0 fully saturated rings. The lowest BCUT2D eigenvalue weighted by Crippen LogP contribution is -2.48. The van der Waals surface area contributed by atoms with E-state index in [4.69, 9.17) is 40.1 Å². The smallest absolute Gasteiger partial charge is 0.259 e. The molecule has 2 amide bonds. The van der Waals surface area contributed by atoms with Gasteiger partial charge in [-0.3, -0.25) is 9.59 Å². The van der Waals surface area contributed by atoms with Crippen molar-refractivity contribution in [3.8, 4) is 18.4 Å². The highest BCUT2D eigenvalue weighted by Crippen LogP contribution is 2.46. The topological polar surface area (TPSA) is 215 Å². The molecule has 2 unspecified atom stereocenters. The minimum Gasteiger partial charge on any atom is -0.396 e. The summed E-state index contributed by atoms with van der Waals surface area (Å²) in [6.07, 6.45) is 15.7. The van der Waals surface area contributed by atoms with Gasteiger partial charge in [-0.2, -0.15) is 5.26 Å². The molecule has 6 N–H and O–H groups in total. The van der Waals surface area contributed by atoms with Crippen molar-refractivity contribution in [2.24, 2.45) is 5.73 Å². The van der Waals surface area contributed by atoms with Crippen molar-refractivity contribution in [2.45, 2.75) is 142 Å². The number of nitriles is 1. The van der Waals surface area contributed by atoms with E-state index in [2.05, 4.69) is 66.0 Å². The van der Waals surface area contributed by atoms with Gasteiger partial charge < -0.3 is 54.9 Å². The molecule has 56 heavy (non-hydrogen) atoms. The molecule has 0 radical (unpaired) electrons. The summed E-state index contributed by atoms with van der Waals surface area (Å²) in [5.41, 5.74) is 4.01. The number of amides is 2. The second-order valence-electron chi connectivity index (χ2n) is 13.0. The molecule has 0 aromatic carbocycles. The van der Waals surface area contributed by atoms with E-state index in [1.807, 2.05) is 20.8 Å². The molecule has 15 nitrogen and oxygen atoms in total. The first-order chi connectivity index (χ1) is 27.1. The predicted octanol–water partition coefficient (Wildman–Crippen LogP) is 4.79. The third-order valence-corrected chi connectivity index (χ3v) is 10.1. The van der Waals surface area contributed by atoms with Crippen LogP contribution in [-0.2, 0) is 37.7 Å². The number of carbonyl (C=O) groups excluding carboxylic acids is 4. The molecule has 0 saturated carbocycles. The van der Waals surface area contributed by atoms with E-state index in [0.717, 1.165) is 32.3 Å². The number of nitrogens with one attached hydrogen (secondary N) is 3. The first-order valence-corrected chi connectivity index (χ1v) is 21.1. The molecular weight excluding hydrogens is 739 g/mol. The number of nitrogens with two attached hydrogens (primary N) is 1. The van der Waals surface area contributed by atoms with Crippen molar-refractivity contribution in [1.82, 2.24) is 20.6 Å². The van der Waals surface area contributed by atoms with E-state index in [9.17, 15) is 14.4 Å². The molecule has 0 aromatic heterocycles. The quantitative estimate of drug-likeness (QED) is 0.0256. The fourth-order valence-electron chi connectivity index (χ4n) is 5.24. The van der Waals surface area contributed by atoms with Crippen LogP contribution in [-0.4, -0.2) is 126 Å². The zero-order valence-electron chi connectivity index (χ0n) is 35.9. The molecule has 0 spiro atoms. The Hall–Kier alpha value is -2.56. The Bertz CT molecular complexity index is 977. The summed E-state index contributed by atoms with van der Waals surface area (Å²) in [4.78, 5) is 42.9. The van der Waals surface area contributed by atoms with Gasteiger partial charge >= 0.3 is 0 Å². The molecule has 0 aliphatic carbocycles. The standard InChI is InChI=1S/C22H38N2O6.C16H34N3O2P.CH5N.CH2O/c1-3-16-29-18-19-30-17-13-23-20(27)10-12-22(4-2,11-6-8-15-26)24-21(28)9-5-7-14-25;1-15(2)19(16(3)4)22(21-14-10-11-17)20-13-9-7-6-8-12-18-5;2*1-2/h1,14,26H,4-13,15-19H2,2H3,(H,23,27)(H,24,28);15-16,18H,6-10,12-14H2,1-5H3;2H2,1H3;1H2. The van der Waals surface area contributed by atoms with Crippen molar-refractivity contribution in [3.63, 3.8) is 0 Å². The molecule has 0 aromatic rings. The van der Waals surface area contributed by atoms with Gasteiger partial charge in [0.15, 0.2) is 0 Å². The number of aldehydes is 1. The van der Waals surface area contributed by atoms with Crippen molar-refractivity contribution < 1.29 is 42.8 Å². The first-order valence-electron chi connectivity index (χ1n) is 20.0. The molecule has 0 rings (SSSR count). The Labute approximate surface area is 341 Å². The fourth-order valence-corrected chi connectivity index (χ4v) is 6.87. The number of terminal acetylenes is 1. The Morgan fingerprint density at radius 2 is 1.54 bits per heavy atom. The average Bonchev–Trinajstić information content (AvgIpc) is 3.19. The molecule has 0 aliphatic heterocycles. The average molecular weight is 819 g/mol. The van der Waals surface area contributed by atoms with E-state index in [0.29, 0.717) is 90.0 Å². The van der Waals surface area contributed by atoms with Crippen LogP contribution in [0.4, 0.5) is 0 Å². The summed E-state index contributed by atoms with van der Waals surface area (Å²) in [5, 5.41) is 26.8. The van der Waals surface area contributed by atoms with Crippen LogP contribution in [0.2, 0.25) is 0 Å². The van der Waals surface area contributed by atoms with Gasteiger partial charge in [-0.1, -0.05) is 25.7 Å². The molecule has 16 heteroatoms. The van der Waals surface area contributed by atoms with Gasteiger partial charge in [0.2, 0.25) is 11.8 Å². The van der Waals surface area contributed by atoms with E-state index in [1.54, 1.807) is 0 Å². The maximum absolute atomic E-state index is 12.3. The normalized spacial score (nSPS) is 12.0. The summed E-state index contributed by atoms with van der Waals surface area (Å²) >= 11 is 0. The highest BCUT2D eigenvalue weighted by molar-refractivity contribution is 7.44. The van der Waals surface area contributed by atoms with E-state index in [1.165, 1.54) is 26.3 Å². The lowest BCUT2D eigenvalue weighted by Gasteiger charge is -2.35. The van der Waals surface area contributed by atoms with Crippen LogP contribution in [0.3, 0.4) is 0 Å². The highest BCUT2D eigenvalue weighted by atomic mass is 31.2. The number of nitrogens with zero attached hydrogens (tertiary/aromatic N) is 2. The van der Waals surface area contributed by atoms with Gasteiger partial charge in [0.25, 0.3) is 8.53 Å². The van der Waals surface area contributed by atoms with Gasteiger partial charge in [0.1, 0.15) is 19.7 Å². The van der Waals surface area contributed by atoms with E-state index in [-0.39, 0.29) is 37.9 Å². The maximum Gasteiger partial charge on any atom is 0.259 e. The van der Waals surface area contributed by atoms with Crippen molar-refractivity contribution in [3.05, 3.63) is 0 Å². The van der Waals surface area contributed by atoms with Crippen LogP contribution >= 0.6 is 8.53 Å². The Balaban J connectivity index is -0.000000460. The third kappa shape index (κ3) is 38.3. The zero-order chi connectivity index (χ0) is 43.3. The Kier molecular flexibility index (Phi) is 50.3. The number of aliphatic hydroxyl groups excluding tert-OH is 1. The van der Waals surface area contributed by atoms with Crippen molar-refractivity contribution in [1.29, 1.82) is 5.26 Å². The lowest BCUT2D eigenvalue weighted by atomic mass is 9.84.